The van der Waals surface area contributed by atoms with Crippen molar-refractivity contribution in [1.82, 2.24) is 5.01 Å². The van der Waals surface area contributed by atoms with Gasteiger partial charge in [-0.25, -0.2) is 9.80 Å². The molecule has 2 aliphatic rings. The van der Waals surface area contributed by atoms with Crippen molar-refractivity contribution in [1.29, 1.82) is 0 Å². The van der Waals surface area contributed by atoms with Crippen molar-refractivity contribution < 1.29 is 23.5 Å². The van der Waals surface area contributed by atoms with E-state index in [1.165, 1.54) is 5.01 Å². The van der Waals surface area contributed by atoms with Gasteiger partial charge in [-0.05, 0) is 37.5 Å². The molecule has 0 N–H and O–H groups in total. The molecule has 28 heavy (non-hydrogen) atoms. The molecule has 7 nitrogen and oxygen atoms in total. The topological polar surface area (TPSA) is 81.3 Å². The average Bonchev–Trinajstić information content (AvgIpc) is 3.47. The quantitative estimate of drug-likeness (QED) is 0.743. The van der Waals surface area contributed by atoms with Crippen LogP contribution in [0.15, 0.2) is 52.2 Å². The molecule has 0 unspecified atom stereocenters. The van der Waals surface area contributed by atoms with E-state index < -0.39 is 18.0 Å². The highest BCUT2D eigenvalue weighted by atomic mass is 16.6. The number of hydrazone groups is 1. The van der Waals surface area contributed by atoms with E-state index in [0.29, 0.717) is 25.2 Å². The molecule has 1 saturated heterocycles. The second kappa shape index (κ2) is 7.98. The summed E-state index contributed by atoms with van der Waals surface area (Å²) in [7, 11) is 0. The molecule has 2 atom stereocenters. The normalized spacial score (nSPS) is 21.6. The van der Waals surface area contributed by atoms with Crippen molar-refractivity contribution in [3.05, 3.63) is 59.5 Å². The molecule has 2 aliphatic heterocycles. The molecule has 3 heterocycles. The number of carbonyl (C=O) groups excluding carboxylic acids is 2. The van der Waals surface area contributed by atoms with Crippen molar-refractivity contribution in [3.63, 3.8) is 0 Å². The van der Waals surface area contributed by atoms with Crippen molar-refractivity contribution in [2.75, 3.05) is 13.2 Å². The first-order valence-corrected chi connectivity index (χ1v) is 9.40. The van der Waals surface area contributed by atoms with E-state index >= 15 is 0 Å². The maximum atomic E-state index is 12.8. The summed E-state index contributed by atoms with van der Waals surface area (Å²) in [5.41, 5.74) is 2.90. The van der Waals surface area contributed by atoms with Gasteiger partial charge in [-0.2, -0.15) is 5.10 Å². The summed E-state index contributed by atoms with van der Waals surface area (Å²) in [5, 5.41) is 5.88. The second-order valence-corrected chi connectivity index (χ2v) is 7.00. The van der Waals surface area contributed by atoms with Gasteiger partial charge in [0.1, 0.15) is 11.8 Å². The fourth-order valence-corrected chi connectivity index (χ4v) is 3.42. The van der Waals surface area contributed by atoms with Crippen molar-refractivity contribution >= 4 is 17.6 Å². The Labute approximate surface area is 162 Å². The lowest BCUT2D eigenvalue weighted by Gasteiger charge is -2.20. The Bertz CT molecular complexity index is 867. The van der Waals surface area contributed by atoms with Crippen LogP contribution in [0.25, 0.3) is 0 Å². The lowest BCUT2D eigenvalue weighted by atomic mass is 10.0. The van der Waals surface area contributed by atoms with Crippen LogP contribution in [0.2, 0.25) is 0 Å². The highest BCUT2D eigenvalue weighted by Gasteiger charge is 2.35. The maximum Gasteiger partial charge on any atom is 0.335 e. The molecular formula is C21H22N2O5. The average molecular weight is 382 g/mol. The van der Waals surface area contributed by atoms with E-state index in [0.717, 1.165) is 23.3 Å². The first kappa shape index (κ1) is 18.4. The predicted octanol–water partition coefficient (Wildman–Crippen LogP) is 2.99. The number of aryl methyl sites for hydroxylation is 1. The Kier molecular flexibility index (Phi) is 5.25. The Morgan fingerprint density at radius 3 is 2.75 bits per heavy atom. The summed E-state index contributed by atoms with van der Waals surface area (Å²) in [5.74, 6) is -0.248. The van der Waals surface area contributed by atoms with Crippen molar-refractivity contribution in [2.45, 2.75) is 38.3 Å². The fourth-order valence-electron chi connectivity index (χ4n) is 3.42. The van der Waals surface area contributed by atoms with Crippen LogP contribution in [0.5, 0.6) is 0 Å². The monoisotopic (exact) mass is 382 g/mol. The summed E-state index contributed by atoms with van der Waals surface area (Å²) in [6, 6.07) is 11.2. The van der Waals surface area contributed by atoms with Gasteiger partial charge in [0.05, 0.1) is 12.0 Å². The molecule has 1 aromatic carbocycles. The maximum absolute atomic E-state index is 12.8. The number of esters is 1. The van der Waals surface area contributed by atoms with Crippen LogP contribution in [-0.2, 0) is 19.1 Å². The molecule has 1 fully saturated rings. The molecule has 0 spiro atoms. The number of benzene rings is 1. The van der Waals surface area contributed by atoms with Gasteiger partial charge in [-0.1, -0.05) is 29.8 Å². The lowest BCUT2D eigenvalue weighted by molar-refractivity contribution is -0.160. The van der Waals surface area contributed by atoms with Crippen LogP contribution in [0.1, 0.15) is 42.2 Å². The smallest absolute Gasteiger partial charge is 0.335 e. The predicted molar refractivity (Wildman–Crippen MR) is 101 cm³/mol. The largest absolute Gasteiger partial charge is 0.467 e. The Hall–Kier alpha value is -2.93. The van der Waals surface area contributed by atoms with Crippen LogP contribution < -0.4 is 0 Å². The zero-order valence-corrected chi connectivity index (χ0v) is 15.7. The minimum Gasteiger partial charge on any atom is -0.467 e. The molecule has 0 saturated carbocycles. The second-order valence-electron chi connectivity index (χ2n) is 7.00. The standard InChI is InChI=1S/C21H22N2O5/c1-14-6-8-15(9-7-14)16-12-17(18-4-2-10-26-18)23(22-16)20(24)13-28-21(25)19-5-3-11-27-19/h2,4,6-10,17,19H,3,5,11-13H2,1H3/t17-,19+/m0/s1. The van der Waals surface area contributed by atoms with E-state index in [-0.39, 0.29) is 12.6 Å². The van der Waals surface area contributed by atoms with Gasteiger partial charge in [-0.3, -0.25) is 4.79 Å². The molecule has 0 aliphatic carbocycles. The highest BCUT2D eigenvalue weighted by molar-refractivity contribution is 6.03. The zero-order valence-electron chi connectivity index (χ0n) is 15.7. The summed E-state index contributed by atoms with van der Waals surface area (Å²) in [6.45, 7) is 2.19. The fraction of sp³-hybridized carbons (Fsp3) is 0.381. The highest BCUT2D eigenvalue weighted by Crippen LogP contribution is 2.33. The van der Waals surface area contributed by atoms with Crippen LogP contribution in [0, 0.1) is 6.92 Å². The van der Waals surface area contributed by atoms with E-state index in [2.05, 4.69) is 5.10 Å². The minimum atomic E-state index is -0.570. The van der Waals surface area contributed by atoms with Crippen LogP contribution in [0.3, 0.4) is 0 Å². The molecule has 2 aromatic rings. The van der Waals surface area contributed by atoms with Gasteiger partial charge in [0, 0.05) is 13.0 Å². The molecule has 0 bridgehead atoms. The molecular weight excluding hydrogens is 360 g/mol. The number of rotatable bonds is 5. The first-order chi connectivity index (χ1) is 13.6. The van der Waals surface area contributed by atoms with Crippen LogP contribution >= 0.6 is 0 Å². The Morgan fingerprint density at radius 1 is 1.25 bits per heavy atom. The number of ether oxygens (including phenoxy) is 2. The lowest BCUT2D eigenvalue weighted by Crippen LogP contribution is -2.33. The minimum absolute atomic E-state index is 0.361. The Morgan fingerprint density at radius 2 is 2.07 bits per heavy atom. The van der Waals surface area contributed by atoms with E-state index in [1.807, 2.05) is 37.3 Å². The third-order valence-electron chi connectivity index (χ3n) is 4.95. The number of furan rings is 1. The molecule has 7 heteroatoms. The number of nitrogens with zero attached hydrogens (tertiary/aromatic N) is 2. The molecule has 4 rings (SSSR count). The van der Waals surface area contributed by atoms with Crippen LogP contribution in [-0.4, -0.2) is 41.9 Å². The number of hydrogen-bond acceptors (Lipinski definition) is 6. The first-order valence-electron chi connectivity index (χ1n) is 9.40. The SMILES string of the molecule is Cc1ccc(C2=NN(C(=O)COC(=O)[C@H]3CCCO3)[C@H](c3ccco3)C2)cc1. The van der Waals surface area contributed by atoms with Crippen molar-refractivity contribution in [2.24, 2.45) is 5.10 Å². The number of hydrogen-bond donors (Lipinski definition) is 0. The van der Waals surface area contributed by atoms with Gasteiger partial charge in [0.2, 0.25) is 0 Å². The number of carbonyl (C=O) groups is 2. The van der Waals surface area contributed by atoms with Gasteiger partial charge >= 0.3 is 5.97 Å². The van der Waals surface area contributed by atoms with Crippen molar-refractivity contribution in [3.8, 4) is 0 Å². The van der Waals surface area contributed by atoms with E-state index in [9.17, 15) is 9.59 Å². The molecule has 1 aromatic heterocycles. The number of amides is 1. The van der Waals surface area contributed by atoms with E-state index in [4.69, 9.17) is 13.9 Å². The molecule has 0 radical (unpaired) electrons. The third kappa shape index (κ3) is 3.84. The summed E-state index contributed by atoms with van der Waals surface area (Å²) >= 11 is 0. The summed E-state index contributed by atoms with van der Waals surface area (Å²) in [4.78, 5) is 24.8. The molecule has 146 valence electrons. The summed E-state index contributed by atoms with van der Waals surface area (Å²) in [6.07, 6.45) is 2.98. The van der Waals surface area contributed by atoms with Gasteiger partial charge in [-0.15, -0.1) is 0 Å². The van der Waals surface area contributed by atoms with Gasteiger partial charge in [0.25, 0.3) is 5.91 Å². The van der Waals surface area contributed by atoms with Crippen LogP contribution in [0.4, 0.5) is 0 Å². The summed E-state index contributed by atoms with van der Waals surface area (Å²) < 4.78 is 16.0. The zero-order chi connectivity index (χ0) is 19.5. The van der Waals surface area contributed by atoms with E-state index in [1.54, 1.807) is 12.3 Å². The van der Waals surface area contributed by atoms with Gasteiger partial charge in [0.15, 0.2) is 12.7 Å². The third-order valence-corrected chi connectivity index (χ3v) is 4.95. The van der Waals surface area contributed by atoms with Gasteiger partial charge < -0.3 is 13.9 Å². The molecule has 1 amide bonds. The Balaban J connectivity index is 1.49.